The van der Waals surface area contributed by atoms with Crippen molar-refractivity contribution in [1.29, 1.82) is 0 Å². The zero-order chi connectivity index (χ0) is 14.0. The first-order valence-electron chi connectivity index (χ1n) is 6.68. The lowest BCUT2D eigenvalue weighted by Crippen LogP contribution is -2.34. The van der Waals surface area contributed by atoms with Gasteiger partial charge in [0.25, 0.3) is 0 Å². The number of hydrogen-bond donors (Lipinski definition) is 2. The summed E-state index contributed by atoms with van der Waals surface area (Å²) in [5.41, 5.74) is 2.98. The normalized spacial score (nSPS) is 21.5. The van der Waals surface area contributed by atoms with Gasteiger partial charge in [-0.3, -0.25) is 0 Å². The molecule has 1 unspecified atom stereocenters. The second-order valence-electron chi connectivity index (χ2n) is 5.14. The van der Waals surface area contributed by atoms with E-state index in [1.807, 2.05) is 24.3 Å². The van der Waals surface area contributed by atoms with E-state index >= 15 is 0 Å². The lowest BCUT2D eigenvalue weighted by atomic mass is 10.1. The number of nitrogens with zero attached hydrogens (tertiary/aromatic N) is 1. The average Bonchev–Trinajstić information content (AvgIpc) is 2.92. The predicted octanol–water partition coefficient (Wildman–Crippen LogP) is 2.07. The van der Waals surface area contributed by atoms with E-state index in [9.17, 15) is 8.42 Å². The van der Waals surface area contributed by atoms with Crippen molar-refractivity contribution < 1.29 is 8.42 Å². The lowest BCUT2D eigenvalue weighted by Gasteiger charge is -2.24. The smallest absolute Gasteiger partial charge is 0.152 e. The van der Waals surface area contributed by atoms with Crippen molar-refractivity contribution >= 4 is 15.5 Å². The minimum Gasteiger partial charge on any atom is -0.381 e. The molecule has 1 aliphatic heterocycles. The molecule has 2 heterocycles. The minimum atomic E-state index is -2.87. The highest BCUT2D eigenvalue weighted by Crippen LogP contribution is 2.21. The van der Waals surface area contributed by atoms with Crippen molar-refractivity contribution in [3.63, 3.8) is 0 Å². The number of aromatic nitrogens is 2. The maximum absolute atomic E-state index is 11.6. The fourth-order valence-electron chi connectivity index (χ4n) is 2.53. The molecule has 20 heavy (non-hydrogen) atoms. The molecule has 0 bridgehead atoms. The van der Waals surface area contributed by atoms with Crippen LogP contribution in [-0.2, 0) is 9.84 Å². The van der Waals surface area contributed by atoms with Crippen molar-refractivity contribution in [2.45, 2.75) is 18.9 Å². The summed E-state index contributed by atoms with van der Waals surface area (Å²) in [6.07, 6.45) is 5.07. The first-order chi connectivity index (χ1) is 9.62. The second-order valence-corrected chi connectivity index (χ2v) is 7.37. The van der Waals surface area contributed by atoms with Crippen molar-refractivity contribution in [3.05, 3.63) is 36.8 Å². The Morgan fingerprint density at radius 1 is 1.25 bits per heavy atom. The topological polar surface area (TPSA) is 74.8 Å². The first-order valence-corrected chi connectivity index (χ1v) is 8.50. The highest BCUT2D eigenvalue weighted by Gasteiger charge is 2.24. The van der Waals surface area contributed by atoms with Crippen LogP contribution in [0.4, 0.5) is 5.69 Å². The van der Waals surface area contributed by atoms with Gasteiger partial charge in [-0.05, 0) is 30.5 Å². The van der Waals surface area contributed by atoms with E-state index < -0.39 is 9.84 Å². The summed E-state index contributed by atoms with van der Waals surface area (Å²) in [6, 6.07) is 7.95. The molecule has 1 aliphatic rings. The van der Waals surface area contributed by atoms with Gasteiger partial charge in [0.15, 0.2) is 9.84 Å². The van der Waals surface area contributed by atoms with Crippen LogP contribution in [0.5, 0.6) is 0 Å². The average molecular weight is 291 g/mol. The number of benzene rings is 1. The van der Waals surface area contributed by atoms with E-state index in [0.29, 0.717) is 5.75 Å². The fraction of sp³-hybridized carbons (Fsp3) is 0.357. The Labute approximate surface area is 118 Å². The molecule has 1 aromatic heterocycles. The Morgan fingerprint density at radius 3 is 2.70 bits per heavy atom. The summed E-state index contributed by atoms with van der Waals surface area (Å²) >= 11 is 0. The molecule has 2 N–H and O–H groups in total. The molecular formula is C14H17N3O2S. The molecule has 0 radical (unpaired) electrons. The van der Waals surface area contributed by atoms with Gasteiger partial charge in [0, 0.05) is 11.7 Å². The molecule has 2 aromatic rings. The highest BCUT2D eigenvalue weighted by molar-refractivity contribution is 7.91. The number of imidazole rings is 1. The van der Waals surface area contributed by atoms with Gasteiger partial charge in [0.1, 0.15) is 0 Å². The zero-order valence-corrected chi connectivity index (χ0v) is 11.9. The van der Waals surface area contributed by atoms with Crippen LogP contribution in [-0.4, -0.2) is 35.9 Å². The van der Waals surface area contributed by atoms with Crippen molar-refractivity contribution in [2.24, 2.45) is 0 Å². The van der Waals surface area contributed by atoms with Gasteiger partial charge in [-0.1, -0.05) is 12.1 Å². The Hall–Kier alpha value is -1.82. The predicted molar refractivity (Wildman–Crippen MR) is 79.3 cm³/mol. The van der Waals surface area contributed by atoms with E-state index in [2.05, 4.69) is 15.3 Å². The molecule has 106 valence electrons. The van der Waals surface area contributed by atoms with Crippen LogP contribution in [0.3, 0.4) is 0 Å². The fourth-order valence-corrected chi connectivity index (χ4v) is 4.17. The monoisotopic (exact) mass is 291 g/mol. The maximum Gasteiger partial charge on any atom is 0.152 e. The van der Waals surface area contributed by atoms with Crippen molar-refractivity contribution in [3.8, 4) is 11.3 Å². The van der Waals surface area contributed by atoms with Crippen LogP contribution in [0, 0.1) is 0 Å². The van der Waals surface area contributed by atoms with Crippen LogP contribution >= 0.6 is 0 Å². The van der Waals surface area contributed by atoms with Crippen LogP contribution in [0.2, 0.25) is 0 Å². The largest absolute Gasteiger partial charge is 0.381 e. The molecule has 5 nitrogen and oxygen atoms in total. The van der Waals surface area contributed by atoms with E-state index in [0.717, 1.165) is 29.8 Å². The molecule has 1 fully saturated rings. The summed E-state index contributed by atoms with van der Waals surface area (Å²) in [5, 5.41) is 3.30. The Kier molecular flexibility index (Phi) is 3.48. The molecule has 0 spiro atoms. The van der Waals surface area contributed by atoms with Gasteiger partial charge in [-0.2, -0.15) is 0 Å². The van der Waals surface area contributed by atoms with Crippen LogP contribution < -0.4 is 5.32 Å². The van der Waals surface area contributed by atoms with E-state index in [1.165, 1.54) is 0 Å². The Morgan fingerprint density at radius 2 is 2.05 bits per heavy atom. The molecule has 0 saturated carbocycles. The van der Waals surface area contributed by atoms with E-state index in [4.69, 9.17) is 0 Å². The minimum absolute atomic E-state index is 0.0201. The third kappa shape index (κ3) is 3.01. The molecule has 3 rings (SSSR count). The van der Waals surface area contributed by atoms with Crippen molar-refractivity contribution in [1.82, 2.24) is 9.97 Å². The molecule has 6 heteroatoms. The third-order valence-electron chi connectivity index (χ3n) is 3.53. The maximum atomic E-state index is 11.6. The molecule has 1 aromatic carbocycles. The number of nitrogens with one attached hydrogen (secondary N) is 2. The Balaban J connectivity index is 1.69. The van der Waals surface area contributed by atoms with Gasteiger partial charge in [0.2, 0.25) is 0 Å². The summed E-state index contributed by atoms with van der Waals surface area (Å²) < 4.78 is 23.2. The zero-order valence-electron chi connectivity index (χ0n) is 11.0. The third-order valence-corrected chi connectivity index (χ3v) is 5.35. The van der Waals surface area contributed by atoms with Gasteiger partial charge in [0.05, 0.1) is 29.7 Å². The van der Waals surface area contributed by atoms with Gasteiger partial charge in [-0.15, -0.1) is 0 Å². The number of anilines is 1. The van der Waals surface area contributed by atoms with E-state index in [1.54, 1.807) is 12.5 Å². The summed E-state index contributed by atoms with van der Waals surface area (Å²) in [6.45, 7) is 0. The van der Waals surface area contributed by atoms with E-state index in [-0.39, 0.29) is 11.8 Å². The van der Waals surface area contributed by atoms with Crippen molar-refractivity contribution in [2.75, 3.05) is 16.8 Å². The number of rotatable bonds is 3. The first kappa shape index (κ1) is 13.2. The van der Waals surface area contributed by atoms with Gasteiger partial charge < -0.3 is 10.3 Å². The second kappa shape index (κ2) is 5.28. The number of hydrogen-bond acceptors (Lipinski definition) is 4. The number of sulfone groups is 1. The number of H-pyrrole nitrogens is 1. The summed E-state index contributed by atoms with van der Waals surface area (Å²) in [5.74, 6) is 0.555. The van der Waals surface area contributed by atoms with Crippen LogP contribution in [0.15, 0.2) is 36.8 Å². The molecule has 0 amide bonds. The standard InChI is InChI=1S/C14H17N3O2S/c18-20(19)7-1-2-13(9-20)17-12-5-3-11(4-6-12)14-8-15-10-16-14/h3-6,8,10,13,17H,1-2,7,9H2,(H,15,16). The molecule has 1 saturated heterocycles. The summed E-state index contributed by atoms with van der Waals surface area (Å²) in [7, 11) is -2.87. The van der Waals surface area contributed by atoms with Gasteiger partial charge in [-0.25, -0.2) is 13.4 Å². The van der Waals surface area contributed by atoms with Crippen LogP contribution in [0.25, 0.3) is 11.3 Å². The highest BCUT2D eigenvalue weighted by atomic mass is 32.2. The number of aromatic amines is 1. The SMILES string of the molecule is O=S1(=O)CCCC(Nc2ccc(-c3cnc[nH]3)cc2)C1. The lowest BCUT2D eigenvalue weighted by molar-refractivity contribution is 0.562. The quantitative estimate of drug-likeness (QED) is 0.907. The molecular weight excluding hydrogens is 274 g/mol. The van der Waals surface area contributed by atoms with Gasteiger partial charge >= 0.3 is 0 Å². The Bertz CT molecular complexity index is 663. The summed E-state index contributed by atoms with van der Waals surface area (Å²) in [4.78, 5) is 7.05. The van der Waals surface area contributed by atoms with Crippen LogP contribution in [0.1, 0.15) is 12.8 Å². The molecule has 1 atom stereocenters. The molecule has 0 aliphatic carbocycles.